The van der Waals surface area contributed by atoms with E-state index in [2.05, 4.69) is 0 Å². The number of aliphatic hydroxyl groups excluding tert-OH is 1. The van der Waals surface area contributed by atoms with Crippen LogP contribution in [0.3, 0.4) is 0 Å². The number of benzene rings is 2. The summed E-state index contributed by atoms with van der Waals surface area (Å²) in [6, 6.07) is 10.6. The van der Waals surface area contributed by atoms with Gasteiger partial charge >= 0.3 is 0 Å². The molecule has 2 aromatic carbocycles. The normalized spacial score (nSPS) is 10.5. The molecule has 5 heteroatoms. The maximum Gasteiger partial charge on any atom is 0.157 e. The van der Waals surface area contributed by atoms with Crippen LogP contribution in [0.2, 0.25) is 15.1 Å². The quantitative estimate of drug-likeness (QED) is 0.884. The Kier molecular flexibility index (Phi) is 4.94. The van der Waals surface area contributed by atoms with Gasteiger partial charge in [0.2, 0.25) is 0 Å². The average Bonchev–Trinajstić information content (AvgIpc) is 2.38. The van der Waals surface area contributed by atoms with Crippen molar-refractivity contribution in [1.82, 2.24) is 0 Å². The molecule has 0 amide bonds. The second-order valence-electron chi connectivity index (χ2n) is 3.96. The molecule has 2 aromatic rings. The van der Waals surface area contributed by atoms with Gasteiger partial charge < -0.3 is 9.84 Å². The van der Waals surface area contributed by atoms with Crippen LogP contribution in [0, 0.1) is 0 Å². The molecule has 19 heavy (non-hydrogen) atoms. The number of aliphatic hydroxyl groups is 1. The average molecular weight is 318 g/mol. The van der Waals surface area contributed by atoms with Crippen LogP contribution in [0.1, 0.15) is 11.1 Å². The van der Waals surface area contributed by atoms with Gasteiger partial charge in [-0.05, 0) is 23.3 Å². The molecule has 0 bridgehead atoms. The molecule has 0 unspecified atom stereocenters. The van der Waals surface area contributed by atoms with Gasteiger partial charge in [0, 0.05) is 5.02 Å². The Labute approximate surface area is 126 Å². The van der Waals surface area contributed by atoms with Gasteiger partial charge in [-0.3, -0.25) is 0 Å². The molecule has 0 aliphatic carbocycles. The maximum atomic E-state index is 8.96. The van der Waals surface area contributed by atoms with Gasteiger partial charge in [-0.2, -0.15) is 0 Å². The van der Waals surface area contributed by atoms with Crippen molar-refractivity contribution >= 4 is 34.8 Å². The smallest absolute Gasteiger partial charge is 0.157 e. The van der Waals surface area contributed by atoms with E-state index in [1.165, 1.54) is 0 Å². The molecule has 0 saturated carbocycles. The minimum absolute atomic E-state index is 0.0238. The number of halogens is 3. The summed E-state index contributed by atoms with van der Waals surface area (Å²) in [5, 5.41) is 10.2. The van der Waals surface area contributed by atoms with Crippen molar-refractivity contribution in [2.24, 2.45) is 0 Å². The Hall–Kier alpha value is -0.930. The van der Waals surface area contributed by atoms with Crippen molar-refractivity contribution in [2.75, 3.05) is 0 Å². The summed E-state index contributed by atoms with van der Waals surface area (Å²) in [4.78, 5) is 0. The van der Waals surface area contributed by atoms with E-state index in [9.17, 15) is 0 Å². The highest BCUT2D eigenvalue weighted by Crippen LogP contribution is 2.36. The van der Waals surface area contributed by atoms with Gasteiger partial charge in [0.25, 0.3) is 0 Å². The van der Waals surface area contributed by atoms with Crippen LogP contribution in [0.5, 0.6) is 5.75 Å². The van der Waals surface area contributed by atoms with E-state index in [1.54, 1.807) is 12.1 Å². The number of rotatable bonds is 4. The Morgan fingerprint density at radius 1 is 0.895 bits per heavy atom. The summed E-state index contributed by atoms with van der Waals surface area (Å²) in [7, 11) is 0. The summed E-state index contributed by atoms with van der Waals surface area (Å²) in [6.45, 7) is 0.364. The summed E-state index contributed by atoms with van der Waals surface area (Å²) in [6.07, 6.45) is 0. The Balaban J connectivity index is 2.10. The van der Waals surface area contributed by atoms with Crippen molar-refractivity contribution in [1.29, 1.82) is 0 Å². The first kappa shape index (κ1) is 14.5. The Morgan fingerprint density at radius 3 is 1.95 bits per heavy atom. The third-order valence-corrected chi connectivity index (χ3v) is 3.33. The minimum atomic E-state index is 0.0238. The molecule has 2 rings (SSSR count). The van der Waals surface area contributed by atoms with E-state index < -0.39 is 0 Å². The maximum absolute atomic E-state index is 8.96. The summed E-state index contributed by atoms with van der Waals surface area (Å²) in [5.74, 6) is 0.416. The fraction of sp³-hybridized carbons (Fsp3) is 0.143. The van der Waals surface area contributed by atoms with E-state index in [0.717, 1.165) is 11.1 Å². The van der Waals surface area contributed by atoms with Gasteiger partial charge in [0.15, 0.2) is 5.75 Å². The predicted molar refractivity (Wildman–Crippen MR) is 78.2 cm³/mol. The molecule has 2 nitrogen and oxygen atoms in total. The third-order valence-electron chi connectivity index (χ3n) is 2.55. The van der Waals surface area contributed by atoms with Crippen molar-refractivity contribution in [2.45, 2.75) is 13.2 Å². The van der Waals surface area contributed by atoms with Crippen LogP contribution in [0.25, 0.3) is 0 Å². The van der Waals surface area contributed by atoms with Crippen LogP contribution in [-0.2, 0) is 13.2 Å². The molecule has 100 valence electrons. The van der Waals surface area contributed by atoms with Gasteiger partial charge in [-0.15, -0.1) is 0 Å². The second-order valence-corrected chi connectivity index (χ2v) is 5.21. The number of hydrogen-bond acceptors (Lipinski definition) is 2. The largest absolute Gasteiger partial charge is 0.486 e. The van der Waals surface area contributed by atoms with E-state index in [0.29, 0.717) is 27.4 Å². The zero-order chi connectivity index (χ0) is 13.8. The fourth-order valence-corrected chi connectivity index (χ4v) is 2.49. The Morgan fingerprint density at radius 2 is 1.42 bits per heavy atom. The topological polar surface area (TPSA) is 29.5 Å². The molecule has 0 spiro atoms. The van der Waals surface area contributed by atoms with Gasteiger partial charge in [0.05, 0.1) is 16.7 Å². The van der Waals surface area contributed by atoms with Crippen molar-refractivity contribution in [3.63, 3.8) is 0 Å². The van der Waals surface area contributed by atoms with E-state index in [-0.39, 0.29) is 6.61 Å². The Bertz CT molecular complexity index is 544. The van der Waals surface area contributed by atoms with E-state index >= 15 is 0 Å². The zero-order valence-corrected chi connectivity index (χ0v) is 12.1. The van der Waals surface area contributed by atoms with Crippen LogP contribution in [0.15, 0.2) is 36.4 Å². The fourth-order valence-electron chi connectivity index (χ4n) is 1.56. The molecular formula is C14H11Cl3O2. The van der Waals surface area contributed by atoms with Gasteiger partial charge in [0.1, 0.15) is 6.61 Å². The zero-order valence-electron chi connectivity index (χ0n) is 9.87. The first-order chi connectivity index (χ1) is 9.10. The summed E-state index contributed by atoms with van der Waals surface area (Å²) < 4.78 is 5.60. The highest BCUT2D eigenvalue weighted by Gasteiger charge is 2.09. The lowest BCUT2D eigenvalue weighted by molar-refractivity contribution is 0.281. The molecule has 0 aromatic heterocycles. The summed E-state index contributed by atoms with van der Waals surface area (Å²) in [5.41, 5.74) is 1.81. The number of hydrogen-bond donors (Lipinski definition) is 1. The minimum Gasteiger partial charge on any atom is -0.486 e. The SMILES string of the molecule is OCc1ccc(COc2c(Cl)cc(Cl)cc2Cl)cc1. The molecule has 1 N–H and O–H groups in total. The molecule has 0 saturated heterocycles. The summed E-state index contributed by atoms with van der Waals surface area (Å²) >= 11 is 17.9. The van der Waals surface area contributed by atoms with Crippen molar-refractivity contribution in [3.05, 3.63) is 62.6 Å². The van der Waals surface area contributed by atoms with Crippen molar-refractivity contribution < 1.29 is 9.84 Å². The molecular weight excluding hydrogens is 307 g/mol. The number of ether oxygens (including phenoxy) is 1. The molecule has 0 aliphatic rings. The third kappa shape index (κ3) is 3.77. The van der Waals surface area contributed by atoms with Crippen molar-refractivity contribution in [3.8, 4) is 5.75 Å². The first-order valence-corrected chi connectivity index (χ1v) is 6.69. The van der Waals surface area contributed by atoms with Crippen LogP contribution < -0.4 is 4.74 Å². The molecule has 0 radical (unpaired) electrons. The lowest BCUT2D eigenvalue weighted by Gasteiger charge is -2.10. The molecule has 0 atom stereocenters. The van der Waals surface area contributed by atoms with Crippen LogP contribution in [0.4, 0.5) is 0 Å². The highest BCUT2D eigenvalue weighted by molar-refractivity contribution is 6.40. The second kappa shape index (κ2) is 6.49. The first-order valence-electron chi connectivity index (χ1n) is 5.56. The standard InChI is InChI=1S/C14H11Cl3O2/c15-11-5-12(16)14(13(17)6-11)19-8-10-3-1-9(7-18)2-4-10/h1-6,18H,7-8H2. The molecule has 0 aliphatic heterocycles. The monoisotopic (exact) mass is 316 g/mol. The van der Waals surface area contributed by atoms with Crippen LogP contribution in [-0.4, -0.2) is 5.11 Å². The highest BCUT2D eigenvalue weighted by atomic mass is 35.5. The van der Waals surface area contributed by atoms with Gasteiger partial charge in [-0.25, -0.2) is 0 Å². The molecule has 0 fully saturated rings. The predicted octanol–water partition coefficient (Wildman–Crippen LogP) is 4.72. The lowest BCUT2D eigenvalue weighted by atomic mass is 10.1. The van der Waals surface area contributed by atoms with E-state index in [1.807, 2.05) is 24.3 Å². The molecule has 0 heterocycles. The lowest BCUT2D eigenvalue weighted by Crippen LogP contribution is -1.97. The van der Waals surface area contributed by atoms with Crippen LogP contribution >= 0.6 is 34.8 Å². The van der Waals surface area contributed by atoms with Gasteiger partial charge in [-0.1, -0.05) is 59.1 Å². The van der Waals surface area contributed by atoms with E-state index in [4.69, 9.17) is 44.6 Å².